The van der Waals surface area contributed by atoms with Crippen LogP contribution >= 0.6 is 7.82 Å². The Bertz CT molecular complexity index is 444. The largest absolute Gasteiger partial charge is 0.472 e. The molecule has 0 aliphatic carbocycles. The van der Waals surface area contributed by atoms with Crippen LogP contribution in [0.4, 0.5) is 0 Å². The number of phosphoric acid groups is 1. The number of aromatic nitrogens is 1. The van der Waals surface area contributed by atoms with Crippen LogP contribution in [-0.4, -0.2) is 44.0 Å². The van der Waals surface area contributed by atoms with Gasteiger partial charge in [-0.15, -0.1) is 0 Å². The Morgan fingerprint density at radius 1 is 1.09 bits per heavy atom. The molecule has 0 aromatic carbocycles. The van der Waals surface area contributed by atoms with Crippen molar-refractivity contribution in [1.82, 2.24) is 0 Å². The van der Waals surface area contributed by atoms with E-state index in [9.17, 15) is 9.46 Å². The van der Waals surface area contributed by atoms with E-state index in [4.69, 9.17) is 18.5 Å². The molecular formula is C14H25NO6P+. The zero-order valence-electron chi connectivity index (χ0n) is 13.1. The molecule has 0 saturated carbocycles. The number of phosphoric ester groups is 1. The highest BCUT2D eigenvalue weighted by Gasteiger charge is 2.24. The van der Waals surface area contributed by atoms with Gasteiger partial charge in [-0.25, -0.2) is 9.13 Å². The fraction of sp³-hybridized carbons (Fsp3) is 0.643. The zero-order chi connectivity index (χ0) is 16.3. The van der Waals surface area contributed by atoms with E-state index in [0.717, 1.165) is 0 Å². The average Bonchev–Trinajstić information content (AvgIpc) is 2.51. The molecule has 0 radical (unpaired) electrons. The van der Waals surface area contributed by atoms with Crippen LogP contribution in [0.2, 0.25) is 0 Å². The molecule has 1 heterocycles. The van der Waals surface area contributed by atoms with E-state index in [1.54, 1.807) is 0 Å². The normalized spacial score (nSPS) is 15.4. The molecule has 7 nitrogen and oxygen atoms in total. The second-order valence-electron chi connectivity index (χ2n) is 4.45. The van der Waals surface area contributed by atoms with Crippen LogP contribution < -0.4 is 4.57 Å². The lowest BCUT2D eigenvalue weighted by Gasteiger charge is -2.18. The minimum absolute atomic E-state index is 0.0555. The van der Waals surface area contributed by atoms with Crippen molar-refractivity contribution in [3.05, 3.63) is 30.6 Å². The predicted molar refractivity (Wildman–Crippen MR) is 80.3 cm³/mol. The lowest BCUT2D eigenvalue weighted by Crippen LogP contribution is -2.34. The van der Waals surface area contributed by atoms with Crippen LogP contribution in [-0.2, 0) is 29.6 Å². The Labute approximate surface area is 131 Å². The van der Waals surface area contributed by atoms with E-state index >= 15 is 0 Å². The fourth-order valence-corrected chi connectivity index (χ4v) is 2.43. The minimum Gasteiger partial charge on any atom is -0.379 e. The summed E-state index contributed by atoms with van der Waals surface area (Å²) in [5.41, 5.74) is 0. The summed E-state index contributed by atoms with van der Waals surface area (Å²) in [5, 5.41) is 0. The van der Waals surface area contributed by atoms with Crippen LogP contribution in [0.1, 0.15) is 13.8 Å². The first-order chi connectivity index (χ1) is 10.6. The van der Waals surface area contributed by atoms with E-state index in [2.05, 4.69) is 0 Å². The lowest BCUT2D eigenvalue weighted by molar-refractivity contribution is -0.697. The number of ether oxygens (including phenoxy) is 2. The van der Waals surface area contributed by atoms with Gasteiger partial charge in [0.05, 0.1) is 13.2 Å². The third-order valence-electron chi connectivity index (χ3n) is 2.72. The average molecular weight is 334 g/mol. The van der Waals surface area contributed by atoms with Gasteiger partial charge in [-0.1, -0.05) is 6.07 Å². The number of hydrogen-bond acceptors (Lipinski definition) is 5. The molecule has 1 rings (SSSR count). The molecule has 1 aromatic rings. The molecule has 1 N–H and O–H groups in total. The maximum absolute atomic E-state index is 11.8. The van der Waals surface area contributed by atoms with Crippen molar-refractivity contribution in [2.45, 2.75) is 26.5 Å². The highest BCUT2D eigenvalue weighted by atomic mass is 31.2. The van der Waals surface area contributed by atoms with Gasteiger partial charge in [0.15, 0.2) is 18.9 Å². The van der Waals surface area contributed by atoms with Gasteiger partial charge in [0, 0.05) is 25.3 Å². The van der Waals surface area contributed by atoms with Crippen LogP contribution in [0, 0.1) is 0 Å². The number of rotatable bonds is 12. The zero-order valence-corrected chi connectivity index (χ0v) is 14.0. The Balaban J connectivity index is 2.30. The van der Waals surface area contributed by atoms with Gasteiger partial charge >= 0.3 is 7.82 Å². The van der Waals surface area contributed by atoms with Crippen molar-refractivity contribution < 1.29 is 32.5 Å². The molecule has 22 heavy (non-hydrogen) atoms. The molecule has 126 valence electrons. The summed E-state index contributed by atoms with van der Waals surface area (Å²) >= 11 is 0. The van der Waals surface area contributed by atoms with Gasteiger partial charge in [0.25, 0.3) is 0 Å². The highest BCUT2D eigenvalue weighted by Crippen LogP contribution is 2.43. The number of nitrogens with zero attached hydrogens (tertiary/aromatic N) is 1. The van der Waals surface area contributed by atoms with Gasteiger partial charge in [0.1, 0.15) is 12.7 Å². The van der Waals surface area contributed by atoms with E-state index in [-0.39, 0.29) is 13.2 Å². The minimum atomic E-state index is -4.09. The third kappa shape index (κ3) is 8.58. The maximum atomic E-state index is 11.8. The smallest absolute Gasteiger partial charge is 0.379 e. The third-order valence-corrected chi connectivity index (χ3v) is 3.70. The maximum Gasteiger partial charge on any atom is 0.472 e. The van der Waals surface area contributed by atoms with Crippen molar-refractivity contribution >= 4 is 7.82 Å². The van der Waals surface area contributed by atoms with Gasteiger partial charge < -0.3 is 14.4 Å². The first-order valence-corrected chi connectivity index (χ1v) is 8.82. The molecule has 0 saturated heterocycles. The predicted octanol–water partition coefficient (Wildman–Crippen LogP) is 1.55. The molecular weight excluding hydrogens is 309 g/mol. The van der Waals surface area contributed by atoms with Crippen LogP contribution in [0.15, 0.2) is 30.6 Å². The summed E-state index contributed by atoms with van der Waals surface area (Å²) in [6.45, 7) is 5.52. The molecule has 2 atom stereocenters. The molecule has 0 spiro atoms. The summed E-state index contributed by atoms with van der Waals surface area (Å²) in [7, 11) is -4.09. The number of hydrogen-bond donors (Lipinski definition) is 1. The van der Waals surface area contributed by atoms with Crippen molar-refractivity contribution in [2.24, 2.45) is 0 Å². The van der Waals surface area contributed by atoms with Gasteiger partial charge in [-0.3, -0.25) is 9.05 Å². The van der Waals surface area contributed by atoms with Gasteiger partial charge in [-0.05, 0) is 13.8 Å². The van der Waals surface area contributed by atoms with Gasteiger partial charge in [-0.2, -0.15) is 0 Å². The second-order valence-corrected chi connectivity index (χ2v) is 5.90. The topological polar surface area (TPSA) is 78.1 Å². The summed E-state index contributed by atoms with van der Waals surface area (Å²) in [4.78, 5) is 9.64. The Morgan fingerprint density at radius 2 is 1.82 bits per heavy atom. The Kier molecular flexibility index (Phi) is 9.47. The summed E-state index contributed by atoms with van der Waals surface area (Å²) < 4.78 is 34.1. The van der Waals surface area contributed by atoms with E-state index < -0.39 is 13.9 Å². The summed E-state index contributed by atoms with van der Waals surface area (Å²) in [5.74, 6) is 0. The molecule has 0 amide bonds. The number of pyridine rings is 1. The standard InChI is InChI=1S/C14H24NO6P/c1-3-18-12-14(19-4-2)13-21-22(16,17)20-11-10-15-8-6-5-7-9-15/h5-9,14H,3-4,10-13H2,1-2H3/p+1/t14-/m0/s1. The molecule has 0 fully saturated rings. The second kappa shape index (κ2) is 10.8. The Hall–Kier alpha value is -0.820. The SMILES string of the molecule is CCOC[C@@H](COP(=O)(O)OCC[n+]1ccccc1)OCC. The molecule has 0 aliphatic heterocycles. The van der Waals surface area contributed by atoms with Crippen molar-refractivity contribution in [3.63, 3.8) is 0 Å². The summed E-state index contributed by atoms with van der Waals surface area (Å²) in [6.07, 6.45) is 3.30. The van der Waals surface area contributed by atoms with E-state index in [1.165, 1.54) is 0 Å². The van der Waals surface area contributed by atoms with Crippen molar-refractivity contribution in [3.8, 4) is 0 Å². The molecule has 1 aromatic heterocycles. The molecule has 0 bridgehead atoms. The highest BCUT2D eigenvalue weighted by molar-refractivity contribution is 7.47. The molecule has 1 unspecified atom stereocenters. The fourth-order valence-electron chi connectivity index (χ4n) is 1.69. The first-order valence-electron chi connectivity index (χ1n) is 7.32. The van der Waals surface area contributed by atoms with Crippen molar-refractivity contribution in [1.29, 1.82) is 0 Å². The summed E-state index contributed by atoms with van der Waals surface area (Å²) in [6, 6.07) is 5.63. The van der Waals surface area contributed by atoms with Crippen molar-refractivity contribution in [2.75, 3.05) is 33.0 Å². The monoisotopic (exact) mass is 334 g/mol. The van der Waals surface area contributed by atoms with Crippen LogP contribution in [0.25, 0.3) is 0 Å². The van der Waals surface area contributed by atoms with Crippen LogP contribution in [0.5, 0.6) is 0 Å². The van der Waals surface area contributed by atoms with Gasteiger partial charge in [0.2, 0.25) is 0 Å². The first kappa shape index (κ1) is 19.2. The quantitative estimate of drug-likeness (QED) is 0.462. The lowest BCUT2D eigenvalue weighted by atomic mass is 10.4. The molecule has 8 heteroatoms. The molecule has 0 aliphatic rings. The van der Waals surface area contributed by atoms with E-state index in [0.29, 0.717) is 26.4 Å². The van der Waals surface area contributed by atoms with E-state index in [1.807, 2.05) is 49.0 Å². The van der Waals surface area contributed by atoms with Crippen LogP contribution in [0.3, 0.4) is 0 Å². The Morgan fingerprint density at radius 3 is 2.45 bits per heavy atom.